The van der Waals surface area contributed by atoms with Gasteiger partial charge in [-0.25, -0.2) is 18.4 Å². The number of benzene rings is 1. The average Bonchev–Trinajstić information content (AvgIpc) is 3.45. The van der Waals surface area contributed by atoms with Crippen LogP contribution >= 0.6 is 0 Å². The molecule has 0 saturated heterocycles. The third kappa shape index (κ3) is 5.91. The molecule has 1 aromatic carbocycles. The third-order valence-corrected chi connectivity index (χ3v) is 8.23. The number of sulfonamides is 1. The maximum atomic E-state index is 13.1. The SMILES string of the molecule is Cc1ccncc1N=c1ncc2cc(-c3cc(NS(=O)(=O)Cc4cc(C(F)(F)F)ccn4)ccc3C)c3n(c-2n1)CCN3. The van der Waals surface area contributed by atoms with Gasteiger partial charge in [-0.2, -0.15) is 18.2 Å². The van der Waals surface area contributed by atoms with Gasteiger partial charge in [-0.1, -0.05) is 6.07 Å². The Labute approximate surface area is 244 Å². The fraction of sp³-hybridized carbons (Fsp3) is 0.207. The Balaban J connectivity index is 1.35. The van der Waals surface area contributed by atoms with Crippen molar-refractivity contribution in [2.75, 3.05) is 16.6 Å². The molecule has 0 amide bonds. The maximum absolute atomic E-state index is 13.1. The maximum Gasteiger partial charge on any atom is 0.416 e. The molecule has 2 aromatic heterocycles. The molecular weight excluding hydrogens is 581 g/mol. The third-order valence-electron chi connectivity index (χ3n) is 7.01. The van der Waals surface area contributed by atoms with Crippen LogP contribution in [-0.2, 0) is 28.5 Å². The van der Waals surface area contributed by atoms with Gasteiger partial charge >= 0.3 is 6.18 Å². The molecule has 220 valence electrons. The van der Waals surface area contributed by atoms with E-state index in [2.05, 4.69) is 30.0 Å². The van der Waals surface area contributed by atoms with E-state index in [9.17, 15) is 21.6 Å². The standard InChI is InChI=1S/C29H25F3N8O2S/c1-17-3-4-21(39-43(41,42)16-22-12-20(6-8-34-22)29(30,31)32)13-23(17)24-11-19-14-36-28(37-25-15-33-7-5-18(25)2)38-26(19)40-10-9-35-27(24)40/h3-8,11-15,35,39H,9-10,16H2,1-2H3. The molecule has 43 heavy (non-hydrogen) atoms. The molecule has 3 aliphatic rings. The van der Waals surface area contributed by atoms with Crippen LogP contribution in [-0.4, -0.2) is 39.5 Å². The number of hydrogen-bond donors (Lipinski definition) is 2. The Morgan fingerprint density at radius 3 is 2.63 bits per heavy atom. The quantitative estimate of drug-likeness (QED) is 0.276. The van der Waals surface area contributed by atoms with Gasteiger partial charge in [0.1, 0.15) is 17.4 Å². The van der Waals surface area contributed by atoms with E-state index in [4.69, 9.17) is 4.98 Å². The van der Waals surface area contributed by atoms with Crippen molar-refractivity contribution >= 4 is 27.2 Å². The molecule has 6 rings (SSSR count). The van der Waals surface area contributed by atoms with Gasteiger partial charge in [0.25, 0.3) is 5.62 Å². The van der Waals surface area contributed by atoms with Crippen LogP contribution in [0.5, 0.6) is 0 Å². The first-order valence-corrected chi connectivity index (χ1v) is 14.9. The number of nitrogens with zero attached hydrogens (tertiary/aromatic N) is 6. The van der Waals surface area contributed by atoms with E-state index in [1.165, 1.54) is 0 Å². The Morgan fingerprint density at radius 1 is 1.00 bits per heavy atom. The van der Waals surface area contributed by atoms with Crippen molar-refractivity contribution in [1.29, 1.82) is 0 Å². The molecule has 10 nitrogen and oxygen atoms in total. The number of aromatic nitrogens is 5. The van der Waals surface area contributed by atoms with Gasteiger partial charge in [-0.15, -0.1) is 0 Å². The summed E-state index contributed by atoms with van der Waals surface area (Å²) in [4.78, 5) is 21.7. The van der Waals surface area contributed by atoms with Crippen molar-refractivity contribution < 1.29 is 21.6 Å². The second-order valence-corrected chi connectivity index (χ2v) is 11.9. The van der Waals surface area contributed by atoms with Crippen LogP contribution in [0.2, 0.25) is 0 Å². The fourth-order valence-electron chi connectivity index (χ4n) is 4.92. The van der Waals surface area contributed by atoms with Gasteiger partial charge in [0.15, 0.2) is 0 Å². The van der Waals surface area contributed by atoms with E-state index in [0.717, 1.165) is 52.0 Å². The Hall–Kier alpha value is -4.85. The van der Waals surface area contributed by atoms with Crippen LogP contribution in [0.4, 0.5) is 30.4 Å². The Morgan fingerprint density at radius 2 is 1.84 bits per heavy atom. The van der Waals surface area contributed by atoms with Crippen molar-refractivity contribution in [1.82, 2.24) is 24.5 Å². The van der Waals surface area contributed by atoms with Gasteiger partial charge in [0, 0.05) is 48.5 Å². The van der Waals surface area contributed by atoms with Crippen molar-refractivity contribution in [3.05, 3.63) is 95.3 Å². The number of hydrogen-bond acceptors (Lipinski definition) is 8. The fourth-order valence-corrected chi connectivity index (χ4v) is 6.03. The highest BCUT2D eigenvalue weighted by Gasteiger charge is 2.31. The minimum atomic E-state index is -4.60. The second kappa shape index (κ2) is 10.8. The van der Waals surface area contributed by atoms with Gasteiger partial charge < -0.3 is 9.88 Å². The largest absolute Gasteiger partial charge is 0.416 e. The zero-order valence-electron chi connectivity index (χ0n) is 23.0. The highest BCUT2D eigenvalue weighted by molar-refractivity contribution is 7.91. The molecule has 14 heteroatoms. The number of nitrogens with one attached hydrogen (secondary N) is 2. The highest BCUT2D eigenvalue weighted by atomic mass is 32.2. The summed E-state index contributed by atoms with van der Waals surface area (Å²) in [5.74, 6) is 0.791. The van der Waals surface area contributed by atoms with E-state index < -0.39 is 27.5 Å². The summed E-state index contributed by atoms with van der Waals surface area (Å²) in [5.41, 5.74) is 4.26. The summed E-state index contributed by atoms with van der Waals surface area (Å²) in [6, 6.07) is 10.4. The van der Waals surface area contributed by atoms with Gasteiger partial charge in [0.05, 0.1) is 23.1 Å². The van der Waals surface area contributed by atoms with Crippen LogP contribution in [0.1, 0.15) is 22.4 Å². The molecule has 3 aliphatic heterocycles. The summed E-state index contributed by atoms with van der Waals surface area (Å²) in [7, 11) is -4.08. The first-order chi connectivity index (χ1) is 20.5. The molecule has 0 bridgehead atoms. The summed E-state index contributed by atoms with van der Waals surface area (Å²) in [6.07, 6.45) is 1.40. The molecule has 0 fully saturated rings. The molecule has 5 heterocycles. The Kier molecular flexibility index (Phi) is 7.08. The number of alkyl halides is 3. The van der Waals surface area contributed by atoms with E-state index >= 15 is 0 Å². The van der Waals surface area contributed by atoms with Gasteiger partial charge in [-0.05, 0) is 66.9 Å². The smallest absolute Gasteiger partial charge is 0.369 e. The number of anilines is 2. The van der Waals surface area contributed by atoms with Gasteiger partial charge in [0.2, 0.25) is 10.0 Å². The number of rotatable bonds is 6. The number of pyridine rings is 3. The molecule has 0 saturated carbocycles. The van der Waals surface area contributed by atoms with Crippen molar-refractivity contribution in [2.24, 2.45) is 4.99 Å². The van der Waals surface area contributed by atoms with E-state index in [1.54, 1.807) is 36.8 Å². The topological polar surface area (TPSA) is 127 Å². The minimum absolute atomic E-state index is 0.215. The van der Waals surface area contributed by atoms with E-state index in [-0.39, 0.29) is 11.4 Å². The van der Waals surface area contributed by atoms with E-state index in [0.29, 0.717) is 30.2 Å². The first-order valence-electron chi connectivity index (χ1n) is 13.2. The minimum Gasteiger partial charge on any atom is -0.369 e. The molecule has 2 N–H and O–H groups in total. The summed E-state index contributed by atoms with van der Waals surface area (Å²) in [5, 5.41) is 3.41. The predicted octanol–water partition coefficient (Wildman–Crippen LogP) is 5.08. The molecule has 0 atom stereocenters. The lowest BCUT2D eigenvalue weighted by molar-refractivity contribution is -0.137. The number of fused-ring (bicyclic) bond motifs is 3. The lowest BCUT2D eigenvalue weighted by Crippen LogP contribution is -2.18. The number of halogens is 3. The summed E-state index contributed by atoms with van der Waals surface area (Å²) in [6.45, 7) is 5.16. The molecule has 0 spiro atoms. The van der Waals surface area contributed by atoms with E-state index in [1.807, 2.05) is 30.5 Å². The molecule has 0 aliphatic carbocycles. The zero-order valence-corrected chi connectivity index (χ0v) is 23.8. The molecule has 0 unspecified atom stereocenters. The average molecular weight is 607 g/mol. The normalized spacial score (nSPS) is 13.7. The Bertz CT molecular complexity index is 2010. The highest BCUT2D eigenvalue weighted by Crippen LogP contribution is 2.39. The van der Waals surface area contributed by atoms with Crippen molar-refractivity contribution in [2.45, 2.75) is 32.3 Å². The molecular formula is C29H25F3N8O2S. The molecule has 0 radical (unpaired) electrons. The monoisotopic (exact) mass is 606 g/mol. The van der Waals surface area contributed by atoms with Gasteiger partial charge in [-0.3, -0.25) is 14.7 Å². The summed E-state index contributed by atoms with van der Waals surface area (Å²) >= 11 is 0. The number of aryl methyl sites for hydroxylation is 2. The molecule has 3 aromatic rings. The van der Waals surface area contributed by atoms with Crippen LogP contribution in [0, 0.1) is 13.8 Å². The van der Waals surface area contributed by atoms with Crippen LogP contribution < -0.4 is 15.7 Å². The lowest BCUT2D eigenvalue weighted by Gasteiger charge is -2.19. The van der Waals surface area contributed by atoms with Crippen molar-refractivity contribution in [3.8, 4) is 22.5 Å². The van der Waals surface area contributed by atoms with Crippen LogP contribution in [0.15, 0.2) is 72.2 Å². The predicted molar refractivity (Wildman–Crippen MR) is 155 cm³/mol. The van der Waals surface area contributed by atoms with Crippen LogP contribution in [0.25, 0.3) is 22.5 Å². The van der Waals surface area contributed by atoms with Crippen LogP contribution in [0.3, 0.4) is 0 Å². The first kappa shape index (κ1) is 28.3. The summed E-state index contributed by atoms with van der Waals surface area (Å²) < 4.78 is 69.7. The second-order valence-electron chi connectivity index (χ2n) is 10.1. The lowest BCUT2D eigenvalue weighted by atomic mass is 9.98. The van der Waals surface area contributed by atoms with Crippen molar-refractivity contribution in [3.63, 3.8) is 0 Å². The zero-order chi connectivity index (χ0) is 30.4.